The number of benzene rings is 2. The fraction of sp³-hybridized carbons (Fsp3) is 0.433. The molecule has 234 valence electrons. The molecule has 0 bridgehead atoms. The van der Waals surface area contributed by atoms with E-state index in [9.17, 15) is 36.6 Å². The lowest BCUT2D eigenvalue weighted by atomic mass is 10.00. The van der Waals surface area contributed by atoms with E-state index in [4.69, 9.17) is 0 Å². The van der Waals surface area contributed by atoms with Gasteiger partial charge < -0.3 is 20.6 Å². The van der Waals surface area contributed by atoms with Gasteiger partial charge >= 0.3 is 6.18 Å². The average Bonchev–Trinajstić information content (AvgIpc) is 3.39. The number of amides is 2. The van der Waals surface area contributed by atoms with Crippen LogP contribution < -0.4 is 10.6 Å². The molecule has 0 fully saturated rings. The summed E-state index contributed by atoms with van der Waals surface area (Å²) < 4.78 is 68.8. The zero-order valence-electron chi connectivity index (χ0n) is 24.2. The van der Waals surface area contributed by atoms with Gasteiger partial charge in [-0.2, -0.15) is 18.3 Å². The van der Waals surface area contributed by atoms with Crippen molar-refractivity contribution in [3.8, 4) is 0 Å². The highest BCUT2D eigenvalue weighted by Gasteiger charge is 2.31. The summed E-state index contributed by atoms with van der Waals surface area (Å²) in [6.07, 6.45) is -4.50. The lowest BCUT2D eigenvalue weighted by Crippen LogP contribution is -2.41. The third-order valence-corrected chi connectivity index (χ3v) is 6.66. The molecular weight excluding hydrogens is 573 g/mol. The van der Waals surface area contributed by atoms with Crippen LogP contribution >= 0.6 is 0 Å². The largest absolute Gasteiger partial charge is 0.416 e. The van der Waals surface area contributed by atoms with Crippen molar-refractivity contribution >= 4 is 11.8 Å². The molecule has 0 saturated heterocycles. The maximum atomic E-state index is 14.1. The first kappa shape index (κ1) is 33.7. The number of halogens is 5. The Hall–Kier alpha value is -3.84. The Labute approximate surface area is 246 Å². The summed E-state index contributed by atoms with van der Waals surface area (Å²) >= 11 is 0. The Morgan fingerprint density at radius 1 is 1.00 bits per heavy atom. The fourth-order valence-electron chi connectivity index (χ4n) is 4.67. The number of aliphatic hydroxyl groups is 1. The van der Waals surface area contributed by atoms with Crippen molar-refractivity contribution in [1.82, 2.24) is 25.3 Å². The minimum Gasteiger partial charge on any atom is -0.389 e. The van der Waals surface area contributed by atoms with E-state index in [0.29, 0.717) is 31.3 Å². The number of hydrogen-bond acceptors (Lipinski definition) is 5. The van der Waals surface area contributed by atoms with E-state index < -0.39 is 41.4 Å². The molecule has 2 atom stereocenters. The van der Waals surface area contributed by atoms with Gasteiger partial charge in [-0.1, -0.05) is 32.0 Å². The van der Waals surface area contributed by atoms with E-state index in [1.165, 1.54) is 22.9 Å². The Balaban J connectivity index is 1.82. The van der Waals surface area contributed by atoms with E-state index in [1.807, 2.05) is 13.8 Å². The van der Waals surface area contributed by atoms with Crippen molar-refractivity contribution in [2.75, 3.05) is 19.6 Å². The third kappa shape index (κ3) is 9.07. The minimum atomic E-state index is -4.52. The molecule has 0 spiro atoms. The number of aryl methyl sites for hydroxylation is 1. The summed E-state index contributed by atoms with van der Waals surface area (Å²) in [6, 6.07) is 7.18. The van der Waals surface area contributed by atoms with Crippen molar-refractivity contribution in [2.45, 2.75) is 65.0 Å². The quantitative estimate of drug-likeness (QED) is 0.222. The van der Waals surface area contributed by atoms with Crippen LogP contribution in [0.25, 0.3) is 0 Å². The number of aliphatic hydroxyl groups excluding tert-OH is 1. The second-order valence-electron chi connectivity index (χ2n) is 10.1. The summed E-state index contributed by atoms with van der Waals surface area (Å²) in [5.74, 6) is -2.97. The molecule has 1 aromatic heterocycles. The van der Waals surface area contributed by atoms with Crippen molar-refractivity contribution in [1.29, 1.82) is 0 Å². The van der Waals surface area contributed by atoms with Crippen LogP contribution in [0, 0.1) is 11.6 Å². The Kier molecular flexibility index (Phi) is 11.8. The van der Waals surface area contributed by atoms with Crippen molar-refractivity contribution in [2.24, 2.45) is 0 Å². The van der Waals surface area contributed by atoms with E-state index in [1.54, 1.807) is 11.8 Å². The summed E-state index contributed by atoms with van der Waals surface area (Å²) in [4.78, 5) is 28.2. The van der Waals surface area contributed by atoms with Crippen molar-refractivity contribution in [3.05, 3.63) is 88.2 Å². The molecule has 0 aliphatic carbocycles. The standard InChI is InChI=1S/C30H36F5N5O3/c1-4-10-39(11-5-2)29(43)25-16-24(38-40(25)6-3)28(42)37-27(20-13-22(31)15-23(32)14-20)26(41)18-36-17-19-8-7-9-21(12-19)30(33,34)35/h7-9,12-16,26-27,36,41H,4-6,10-11,17-18H2,1-3H3,(H,37,42)/t26-,27?/m1/s1. The second kappa shape index (κ2) is 15.1. The smallest absolute Gasteiger partial charge is 0.389 e. The van der Waals surface area contributed by atoms with Gasteiger partial charge in [-0.3, -0.25) is 14.3 Å². The first-order valence-electron chi connectivity index (χ1n) is 14.1. The Morgan fingerprint density at radius 2 is 1.65 bits per heavy atom. The van der Waals surface area contributed by atoms with Crippen LogP contribution in [0.2, 0.25) is 0 Å². The number of aromatic nitrogens is 2. The Bertz CT molecular complexity index is 1370. The molecule has 3 aromatic rings. The van der Waals surface area contributed by atoms with E-state index >= 15 is 0 Å². The van der Waals surface area contributed by atoms with Crippen molar-refractivity contribution in [3.63, 3.8) is 0 Å². The third-order valence-electron chi connectivity index (χ3n) is 6.66. The normalized spacial score (nSPS) is 13.0. The summed E-state index contributed by atoms with van der Waals surface area (Å²) in [5.41, 5.74) is -0.552. The van der Waals surface area contributed by atoms with Gasteiger partial charge in [0.1, 0.15) is 17.3 Å². The van der Waals surface area contributed by atoms with Crippen LogP contribution in [0.4, 0.5) is 22.0 Å². The topological polar surface area (TPSA) is 99.5 Å². The molecule has 43 heavy (non-hydrogen) atoms. The van der Waals surface area contributed by atoms with Gasteiger partial charge in [-0.15, -0.1) is 0 Å². The molecule has 3 rings (SSSR count). The van der Waals surface area contributed by atoms with E-state index in [-0.39, 0.29) is 35.9 Å². The van der Waals surface area contributed by atoms with Gasteiger partial charge in [0.15, 0.2) is 5.69 Å². The number of carbonyl (C=O) groups is 2. The van der Waals surface area contributed by atoms with E-state index in [0.717, 1.165) is 37.1 Å². The average molecular weight is 610 g/mol. The van der Waals surface area contributed by atoms with Gasteiger partial charge in [-0.05, 0) is 49.1 Å². The van der Waals surface area contributed by atoms with Gasteiger partial charge in [0, 0.05) is 44.9 Å². The molecule has 2 amide bonds. The number of rotatable bonds is 14. The molecule has 0 saturated carbocycles. The Morgan fingerprint density at radius 3 is 2.23 bits per heavy atom. The van der Waals surface area contributed by atoms with Gasteiger partial charge in [-0.25, -0.2) is 8.78 Å². The lowest BCUT2D eigenvalue weighted by Gasteiger charge is -2.25. The fourth-order valence-corrected chi connectivity index (χ4v) is 4.67. The van der Waals surface area contributed by atoms with Crippen LogP contribution in [-0.4, -0.2) is 57.3 Å². The number of nitrogens with one attached hydrogen (secondary N) is 2. The molecule has 3 N–H and O–H groups in total. The second-order valence-corrected chi connectivity index (χ2v) is 10.1. The number of alkyl halides is 3. The van der Waals surface area contributed by atoms with Gasteiger partial charge in [0.25, 0.3) is 11.8 Å². The zero-order valence-corrected chi connectivity index (χ0v) is 24.2. The van der Waals surface area contributed by atoms with Crippen molar-refractivity contribution < 1.29 is 36.6 Å². The van der Waals surface area contributed by atoms with Gasteiger partial charge in [0.05, 0.1) is 17.7 Å². The highest BCUT2D eigenvalue weighted by Crippen LogP contribution is 2.29. The van der Waals surface area contributed by atoms with Crippen LogP contribution in [0.5, 0.6) is 0 Å². The first-order valence-corrected chi connectivity index (χ1v) is 14.1. The van der Waals surface area contributed by atoms with E-state index in [2.05, 4.69) is 15.7 Å². The van der Waals surface area contributed by atoms with Crippen LogP contribution in [0.3, 0.4) is 0 Å². The maximum absolute atomic E-state index is 14.1. The predicted octanol–water partition coefficient (Wildman–Crippen LogP) is 5.08. The number of nitrogens with zero attached hydrogens (tertiary/aromatic N) is 3. The summed E-state index contributed by atoms with van der Waals surface area (Å²) in [6.45, 7) is 6.68. The first-order chi connectivity index (χ1) is 20.4. The number of carbonyl (C=O) groups excluding carboxylic acids is 2. The molecule has 1 heterocycles. The molecule has 8 nitrogen and oxygen atoms in total. The zero-order chi connectivity index (χ0) is 31.7. The van der Waals surface area contributed by atoms with Crippen LogP contribution in [0.15, 0.2) is 48.5 Å². The summed E-state index contributed by atoms with van der Waals surface area (Å²) in [5, 5.41) is 20.6. The lowest BCUT2D eigenvalue weighted by molar-refractivity contribution is -0.137. The molecular formula is C30H36F5N5O3. The predicted molar refractivity (Wildman–Crippen MR) is 150 cm³/mol. The monoisotopic (exact) mass is 609 g/mol. The van der Waals surface area contributed by atoms with Crippen LogP contribution in [0.1, 0.15) is 77.3 Å². The summed E-state index contributed by atoms with van der Waals surface area (Å²) in [7, 11) is 0. The SMILES string of the molecule is CCCN(CCC)C(=O)c1cc(C(=O)NC(c2cc(F)cc(F)c2)[C@H](O)CNCc2cccc(C(F)(F)F)c2)nn1CC. The van der Waals surface area contributed by atoms with Crippen LogP contribution in [-0.2, 0) is 19.3 Å². The molecule has 0 aliphatic rings. The molecule has 13 heteroatoms. The minimum absolute atomic E-state index is 0.0580. The molecule has 1 unspecified atom stereocenters. The highest BCUT2D eigenvalue weighted by atomic mass is 19.4. The highest BCUT2D eigenvalue weighted by molar-refractivity contribution is 5.98. The molecule has 0 aliphatic heterocycles. The molecule has 2 aromatic carbocycles. The molecule has 0 radical (unpaired) electrons. The maximum Gasteiger partial charge on any atom is 0.416 e. The van der Waals surface area contributed by atoms with Gasteiger partial charge in [0.2, 0.25) is 0 Å². The number of hydrogen-bond donors (Lipinski definition) is 3.